The average Bonchev–Trinajstić information content (AvgIpc) is 2.42. The number of aryl methyl sites for hydroxylation is 2. The summed E-state index contributed by atoms with van der Waals surface area (Å²) in [5.41, 5.74) is 2.06. The zero-order valence-electron chi connectivity index (χ0n) is 11.7. The molecule has 0 aliphatic rings. The van der Waals surface area contributed by atoms with E-state index in [4.69, 9.17) is 0 Å². The molecule has 1 heterocycles. The van der Waals surface area contributed by atoms with Gasteiger partial charge < -0.3 is 0 Å². The van der Waals surface area contributed by atoms with Crippen LogP contribution in [0.15, 0.2) is 36.5 Å². The van der Waals surface area contributed by atoms with Crippen LogP contribution in [0.4, 0.5) is 13.2 Å². The van der Waals surface area contributed by atoms with Gasteiger partial charge >= 0.3 is 6.18 Å². The first-order chi connectivity index (χ1) is 9.77. The molecule has 2 aromatic rings. The molecule has 0 spiro atoms. The van der Waals surface area contributed by atoms with Gasteiger partial charge in [-0.25, -0.2) is 0 Å². The Hall–Kier alpha value is -2.17. The Bertz CT molecular complexity index is 660. The molecule has 0 fully saturated rings. The molecule has 2 rings (SSSR count). The molecule has 0 saturated carbocycles. The minimum absolute atomic E-state index is 0.0453. The fraction of sp³-hybridized carbons (Fsp3) is 0.250. The predicted molar refractivity (Wildman–Crippen MR) is 73.2 cm³/mol. The quantitative estimate of drug-likeness (QED) is 0.796. The molecule has 1 aromatic heterocycles. The number of Topliss-reactive ketones (excluding diaryl/α,β-unsaturated/α-hetero) is 1. The summed E-state index contributed by atoms with van der Waals surface area (Å²) in [5.74, 6) is -0.294. The number of hydrogen-bond acceptors (Lipinski definition) is 2. The standard InChI is InChI=1S/C16H14F3NO/c1-10-3-4-11(2)12(7-10)8-15(21)14-6-5-13(9-20-14)16(17,18)19/h3-7,9H,8H2,1-2H3. The highest BCUT2D eigenvalue weighted by Gasteiger charge is 2.30. The van der Waals surface area contributed by atoms with E-state index in [2.05, 4.69) is 4.98 Å². The lowest BCUT2D eigenvalue weighted by Gasteiger charge is -2.08. The van der Waals surface area contributed by atoms with E-state index in [1.807, 2.05) is 32.0 Å². The third-order valence-electron chi connectivity index (χ3n) is 3.23. The largest absolute Gasteiger partial charge is 0.417 e. The van der Waals surface area contributed by atoms with Crippen LogP contribution in [0, 0.1) is 13.8 Å². The number of halogens is 3. The van der Waals surface area contributed by atoms with Crippen LogP contribution < -0.4 is 0 Å². The number of hydrogen-bond donors (Lipinski definition) is 0. The fourth-order valence-corrected chi connectivity index (χ4v) is 1.98. The molecule has 1 aromatic carbocycles. The summed E-state index contributed by atoms with van der Waals surface area (Å²) < 4.78 is 37.3. The van der Waals surface area contributed by atoms with Gasteiger partial charge in [0.15, 0.2) is 5.78 Å². The highest BCUT2D eigenvalue weighted by Crippen LogP contribution is 2.28. The van der Waals surface area contributed by atoms with Crippen LogP contribution in [0.25, 0.3) is 0 Å². The van der Waals surface area contributed by atoms with E-state index in [9.17, 15) is 18.0 Å². The highest BCUT2D eigenvalue weighted by atomic mass is 19.4. The maximum atomic E-state index is 12.4. The summed E-state index contributed by atoms with van der Waals surface area (Å²) in [6, 6.07) is 7.76. The molecule has 5 heteroatoms. The van der Waals surface area contributed by atoms with Crippen LogP contribution in [-0.2, 0) is 12.6 Å². The topological polar surface area (TPSA) is 30.0 Å². The number of pyridine rings is 1. The number of rotatable bonds is 3. The van der Waals surface area contributed by atoms with Crippen molar-refractivity contribution in [2.75, 3.05) is 0 Å². The molecular formula is C16H14F3NO. The molecule has 0 aliphatic carbocycles. The molecule has 0 saturated heterocycles. The molecule has 0 radical (unpaired) electrons. The van der Waals surface area contributed by atoms with Gasteiger partial charge in [-0.15, -0.1) is 0 Å². The van der Waals surface area contributed by atoms with E-state index in [0.29, 0.717) is 6.20 Å². The van der Waals surface area contributed by atoms with E-state index in [0.717, 1.165) is 28.8 Å². The van der Waals surface area contributed by atoms with Gasteiger partial charge in [0.1, 0.15) is 5.69 Å². The molecule has 0 unspecified atom stereocenters. The van der Waals surface area contributed by atoms with Crippen LogP contribution in [0.1, 0.15) is 32.7 Å². The van der Waals surface area contributed by atoms with Crippen molar-refractivity contribution in [1.29, 1.82) is 0 Å². The second-order valence-corrected chi connectivity index (χ2v) is 4.96. The van der Waals surface area contributed by atoms with Gasteiger partial charge in [-0.3, -0.25) is 9.78 Å². The number of alkyl halides is 3. The smallest absolute Gasteiger partial charge is 0.292 e. The predicted octanol–water partition coefficient (Wildman–Crippen LogP) is 4.14. The van der Waals surface area contributed by atoms with Crippen molar-refractivity contribution in [2.24, 2.45) is 0 Å². The van der Waals surface area contributed by atoms with E-state index in [1.165, 1.54) is 0 Å². The van der Waals surface area contributed by atoms with Crippen molar-refractivity contribution in [3.63, 3.8) is 0 Å². The number of nitrogens with zero attached hydrogens (tertiary/aromatic N) is 1. The maximum Gasteiger partial charge on any atom is 0.417 e. The molecule has 0 atom stereocenters. The van der Waals surface area contributed by atoms with Crippen LogP contribution in [0.5, 0.6) is 0 Å². The zero-order valence-corrected chi connectivity index (χ0v) is 11.7. The first-order valence-electron chi connectivity index (χ1n) is 6.40. The number of carbonyl (C=O) groups excluding carboxylic acids is 1. The van der Waals surface area contributed by atoms with Crippen LogP contribution in [0.3, 0.4) is 0 Å². The lowest BCUT2D eigenvalue weighted by Crippen LogP contribution is -2.10. The van der Waals surface area contributed by atoms with Crippen molar-refractivity contribution in [2.45, 2.75) is 26.4 Å². The van der Waals surface area contributed by atoms with Gasteiger partial charge in [0.05, 0.1) is 5.56 Å². The zero-order chi connectivity index (χ0) is 15.6. The Morgan fingerprint density at radius 3 is 2.43 bits per heavy atom. The molecule has 0 N–H and O–H groups in total. The first-order valence-corrected chi connectivity index (χ1v) is 6.40. The molecule has 2 nitrogen and oxygen atoms in total. The Morgan fingerprint density at radius 1 is 1.14 bits per heavy atom. The van der Waals surface area contributed by atoms with E-state index in [1.54, 1.807) is 0 Å². The van der Waals surface area contributed by atoms with Crippen LogP contribution in [0.2, 0.25) is 0 Å². The highest BCUT2D eigenvalue weighted by molar-refractivity contribution is 5.95. The van der Waals surface area contributed by atoms with E-state index >= 15 is 0 Å². The fourth-order valence-electron chi connectivity index (χ4n) is 1.98. The molecule has 0 aliphatic heterocycles. The van der Waals surface area contributed by atoms with E-state index in [-0.39, 0.29) is 17.9 Å². The molecule has 0 amide bonds. The summed E-state index contributed by atoms with van der Waals surface area (Å²) >= 11 is 0. The normalized spacial score (nSPS) is 11.5. The van der Waals surface area contributed by atoms with Crippen LogP contribution >= 0.6 is 0 Å². The Balaban J connectivity index is 2.19. The van der Waals surface area contributed by atoms with Crippen molar-refractivity contribution >= 4 is 5.78 Å². The lowest BCUT2D eigenvalue weighted by atomic mass is 9.99. The van der Waals surface area contributed by atoms with Crippen molar-refractivity contribution in [3.05, 3.63) is 64.5 Å². The minimum atomic E-state index is -4.44. The number of aromatic nitrogens is 1. The number of benzene rings is 1. The van der Waals surface area contributed by atoms with Gasteiger partial charge in [-0.05, 0) is 37.1 Å². The van der Waals surface area contributed by atoms with Gasteiger partial charge in [0.2, 0.25) is 0 Å². The number of carbonyl (C=O) groups is 1. The Kier molecular flexibility index (Phi) is 4.11. The molecule has 0 bridgehead atoms. The summed E-state index contributed by atoms with van der Waals surface area (Å²) in [6.45, 7) is 3.81. The minimum Gasteiger partial charge on any atom is -0.292 e. The SMILES string of the molecule is Cc1ccc(C)c(CC(=O)c2ccc(C(F)(F)F)cn2)c1. The molecule has 21 heavy (non-hydrogen) atoms. The molecular weight excluding hydrogens is 279 g/mol. The van der Waals surface area contributed by atoms with Gasteiger partial charge in [-0.1, -0.05) is 23.8 Å². The number of ketones is 1. The summed E-state index contributed by atoms with van der Waals surface area (Å²) in [4.78, 5) is 15.7. The second kappa shape index (κ2) is 5.68. The van der Waals surface area contributed by atoms with Gasteiger partial charge in [0, 0.05) is 12.6 Å². The van der Waals surface area contributed by atoms with Crippen molar-refractivity contribution < 1.29 is 18.0 Å². The van der Waals surface area contributed by atoms with Crippen molar-refractivity contribution in [1.82, 2.24) is 4.98 Å². The third-order valence-corrected chi connectivity index (χ3v) is 3.23. The Labute approximate surface area is 120 Å². The molecule has 110 valence electrons. The summed E-state index contributed by atoms with van der Waals surface area (Å²) in [7, 11) is 0. The monoisotopic (exact) mass is 293 g/mol. The second-order valence-electron chi connectivity index (χ2n) is 4.96. The maximum absolute atomic E-state index is 12.4. The van der Waals surface area contributed by atoms with Gasteiger partial charge in [-0.2, -0.15) is 13.2 Å². The lowest BCUT2D eigenvalue weighted by molar-refractivity contribution is -0.137. The third kappa shape index (κ3) is 3.68. The van der Waals surface area contributed by atoms with Crippen LogP contribution in [-0.4, -0.2) is 10.8 Å². The Morgan fingerprint density at radius 2 is 1.86 bits per heavy atom. The van der Waals surface area contributed by atoms with Crippen molar-refractivity contribution in [3.8, 4) is 0 Å². The van der Waals surface area contributed by atoms with Gasteiger partial charge in [0.25, 0.3) is 0 Å². The first kappa shape index (κ1) is 15.2. The summed E-state index contributed by atoms with van der Waals surface area (Å²) in [6.07, 6.45) is -3.62. The average molecular weight is 293 g/mol. The van der Waals surface area contributed by atoms with E-state index < -0.39 is 11.7 Å². The summed E-state index contributed by atoms with van der Waals surface area (Å²) in [5, 5.41) is 0.